The first-order valence-corrected chi connectivity index (χ1v) is 6.37. The van der Waals surface area contributed by atoms with E-state index in [0.29, 0.717) is 25.7 Å². The molecule has 0 saturated heterocycles. The van der Waals surface area contributed by atoms with E-state index in [2.05, 4.69) is 9.82 Å². The van der Waals surface area contributed by atoms with Crippen LogP contribution in [0.3, 0.4) is 0 Å². The van der Waals surface area contributed by atoms with Gasteiger partial charge < -0.3 is 15.1 Å². The zero-order valence-electron chi connectivity index (χ0n) is 10.7. The fraction of sp³-hybridized carbons (Fsp3) is 0.500. The second kappa shape index (κ2) is 6.40. The first-order chi connectivity index (χ1) is 9.58. The number of aromatic nitrogens is 1. The Morgan fingerprint density at radius 2 is 2.10 bits per heavy atom. The standard InChI is InChI=1S/C12H15N3O5/c16-12(9-2-1-7-13-8-9)14(17)10-3-5-11(6-4-10)20-15(18)19/h1-2,7-8,10-11,14H,3-6H2. The quantitative estimate of drug-likeness (QED) is 0.620. The third-order valence-electron chi connectivity index (χ3n) is 3.43. The van der Waals surface area contributed by atoms with E-state index in [1.165, 1.54) is 12.4 Å². The van der Waals surface area contributed by atoms with E-state index in [0.717, 1.165) is 0 Å². The van der Waals surface area contributed by atoms with E-state index >= 15 is 0 Å². The molecule has 1 saturated carbocycles. The number of hydrogen-bond donors (Lipinski definition) is 1. The summed E-state index contributed by atoms with van der Waals surface area (Å²) in [5.41, 5.74) is 0.279. The van der Waals surface area contributed by atoms with Crippen LogP contribution in [0.15, 0.2) is 24.5 Å². The van der Waals surface area contributed by atoms with Crippen LogP contribution < -0.4 is 5.06 Å². The van der Waals surface area contributed by atoms with Gasteiger partial charge in [0.25, 0.3) is 5.09 Å². The number of hydrogen-bond acceptors (Lipinski definition) is 6. The van der Waals surface area contributed by atoms with Crippen molar-refractivity contribution in [2.24, 2.45) is 0 Å². The molecule has 20 heavy (non-hydrogen) atoms. The van der Waals surface area contributed by atoms with Gasteiger partial charge in [0, 0.05) is 25.2 Å². The number of carbonyl (C=O) groups is 1. The first kappa shape index (κ1) is 14.4. The minimum Gasteiger partial charge on any atom is -0.626 e. The molecule has 0 bridgehead atoms. The van der Waals surface area contributed by atoms with Crippen LogP contribution in [0.25, 0.3) is 0 Å². The van der Waals surface area contributed by atoms with Gasteiger partial charge in [-0.25, -0.2) is 4.79 Å². The molecule has 1 heterocycles. The van der Waals surface area contributed by atoms with Crippen LogP contribution in [0.1, 0.15) is 36.0 Å². The Morgan fingerprint density at radius 3 is 2.65 bits per heavy atom. The van der Waals surface area contributed by atoms with Crippen molar-refractivity contribution in [2.45, 2.75) is 37.8 Å². The number of rotatable bonds is 4. The molecule has 1 fully saturated rings. The van der Waals surface area contributed by atoms with E-state index in [-0.39, 0.29) is 11.6 Å². The third-order valence-corrected chi connectivity index (χ3v) is 3.43. The van der Waals surface area contributed by atoms with Crippen molar-refractivity contribution in [2.75, 3.05) is 0 Å². The number of hydroxylamine groups is 2. The highest BCUT2D eigenvalue weighted by Gasteiger charge is 2.30. The van der Waals surface area contributed by atoms with Crippen LogP contribution in [-0.2, 0) is 4.84 Å². The summed E-state index contributed by atoms with van der Waals surface area (Å²) in [5.74, 6) is -0.545. The molecule has 0 spiro atoms. The second-order valence-corrected chi connectivity index (χ2v) is 4.74. The lowest BCUT2D eigenvalue weighted by Crippen LogP contribution is -3.14. The predicted octanol–water partition coefficient (Wildman–Crippen LogP) is 0.124. The minimum atomic E-state index is -0.812. The molecule has 2 rings (SSSR count). The molecule has 1 unspecified atom stereocenters. The lowest BCUT2D eigenvalue weighted by atomic mass is 9.92. The molecule has 1 aliphatic rings. The van der Waals surface area contributed by atoms with Gasteiger partial charge in [0.1, 0.15) is 6.10 Å². The molecule has 0 aromatic carbocycles. The fourth-order valence-electron chi connectivity index (χ4n) is 2.38. The maximum absolute atomic E-state index is 12.1. The maximum atomic E-state index is 12.1. The van der Waals surface area contributed by atoms with Crippen LogP contribution in [0, 0.1) is 15.3 Å². The van der Waals surface area contributed by atoms with Crippen molar-refractivity contribution in [1.82, 2.24) is 4.98 Å². The number of quaternary nitrogens is 1. The fourth-order valence-corrected chi connectivity index (χ4v) is 2.38. The molecular formula is C12H15N3O5. The third kappa shape index (κ3) is 3.49. The van der Waals surface area contributed by atoms with Gasteiger partial charge in [-0.2, -0.15) is 0 Å². The summed E-state index contributed by atoms with van der Waals surface area (Å²) in [6.07, 6.45) is 4.12. The summed E-state index contributed by atoms with van der Waals surface area (Å²) in [5, 5.41) is 21.0. The molecule has 1 amide bonds. The Bertz CT molecular complexity index is 473. The van der Waals surface area contributed by atoms with Gasteiger partial charge in [-0.3, -0.25) is 4.98 Å². The van der Waals surface area contributed by atoms with Gasteiger partial charge >= 0.3 is 5.91 Å². The SMILES string of the molecule is O=C(c1cccnc1)[NH+]([O-])C1CCC(O[N+](=O)[O-])CC1. The maximum Gasteiger partial charge on any atom is 0.345 e. The van der Waals surface area contributed by atoms with Crippen LogP contribution in [0.4, 0.5) is 0 Å². The van der Waals surface area contributed by atoms with Crippen LogP contribution in [0.2, 0.25) is 0 Å². The van der Waals surface area contributed by atoms with Gasteiger partial charge in [-0.05, 0) is 25.0 Å². The van der Waals surface area contributed by atoms with Crippen LogP contribution >= 0.6 is 0 Å². The summed E-state index contributed by atoms with van der Waals surface area (Å²) in [6, 6.07) is 2.77. The smallest absolute Gasteiger partial charge is 0.345 e. The van der Waals surface area contributed by atoms with Crippen molar-refractivity contribution < 1.29 is 19.8 Å². The molecule has 1 N–H and O–H groups in total. The topological polar surface area (TPSA) is 110 Å². The van der Waals surface area contributed by atoms with Crippen LogP contribution in [-0.4, -0.2) is 28.1 Å². The lowest BCUT2D eigenvalue weighted by molar-refractivity contribution is -0.795. The van der Waals surface area contributed by atoms with E-state index < -0.39 is 22.2 Å². The monoisotopic (exact) mass is 281 g/mol. The van der Waals surface area contributed by atoms with Crippen molar-refractivity contribution >= 4 is 5.91 Å². The minimum absolute atomic E-state index is 0.279. The number of nitrogens with one attached hydrogen (secondary N) is 1. The zero-order valence-corrected chi connectivity index (χ0v) is 10.7. The Morgan fingerprint density at radius 1 is 1.40 bits per heavy atom. The Labute approximate surface area is 115 Å². The van der Waals surface area contributed by atoms with Crippen molar-refractivity contribution in [3.63, 3.8) is 0 Å². The average Bonchev–Trinajstić information content (AvgIpc) is 2.47. The van der Waals surface area contributed by atoms with Gasteiger partial charge in [0.15, 0.2) is 0 Å². The molecule has 1 aromatic rings. The normalized spacial score (nSPS) is 23.9. The van der Waals surface area contributed by atoms with Gasteiger partial charge in [-0.1, -0.05) is 0 Å². The largest absolute Gasteiger partial charge is 0.626 e. The summed E-state index contributed by atoms with van der Waals surface area (Å²) in [6.45, 7) is 0. The van der Waals surface area contributed by atoms with E-state index in [1.807, 2.05) is 0 Å². The second-order valence-electron chi connectivity index (χ2n) is 4.74. The van der Waals surface area contributed by atoms with E-state index in [4.69, 9.17) is 0 Å². The Balaban J connectivity index is 1.90. The van der Waals surface area contributed by atoms with Gasteiger partial charge in [0.2, 0.25) is 0 Å². The number of nitrogens with zero attached hydrogens (tertiary/aromatic N) is 2. The number of amides is 1. The molecular weight excluding hydrogens is 266 g/mol. The molecule has 1 aromatic heterocycles. The Hall–Kier alpha value is -2.06. The average molecular weight is 281 g/mol. The molecule has 1 atom stereocenters. The molecule has 8 heteroatoms. The summed E-state index contributed by atoms with van der Waals surface area (Å²) < 4.78 is 0. The molecule has 0 aliphatic heterocycles. The molecule has 8 nitrogen and oxygen atoms in total. The van der Waals surface area contributed by atoms with E-state index in [1.54, 1.807) is 12.1 Å². The predicted molar refractivity (Wildman–Crippen MR) is 67.0 cm³/mol. The van der Waals surface area contributed by atoms with E-state index in [9.17, 15) is 20.1 Å². The highest BCUT2D eigenvalue weighted by molar-refractivity contribution is 5.86. The summed E-state index contributed by atoms with van der Waals surface area (Å²) >= 11 is 0. The van der Waals surface area contributed by atoms with Crippen molar-refractivity contribution in [1.29, 1.82) is 0 Å². The summed E-state index contributed by atoms with van der Waals surface area (Å²) in [7, 11) is 0. The molecule has 0 radical (unpaired) electrons. The summed E-state index contributed by atoms with van der Waals surface area (Å²) in [4.78, 5) is 30.5. The van der Waals surface area contributed by atoms with Gasteiger partial charge in [0.05, 0.1) is 11.6 Å². The molecule has 1 aliphatic carbocycles. The van der Waals surface area contributed by atoms with Crippen molar-refractivity contribution in [3.05, 3.63) is 45.4 Å². The first-order valence-electron chi connectivity index (χ1n) is 6.37. The van der Waals surface area contributed by atoms with Gasteiger partial charge in [-0.15, -0.1) is 10.1 Å². The highest BCUT2D eigenvalue weighted by Crippen LogP contribution is 2.19. The number of carbonyl (C=O) groups excluding carboxylic acids is 1. The number of pyridine rings is 1. The lowest BCUT2D eigenvalue weighted by Gasteiger charge is -2.33. The highest BCUT2D eigenvalue weighted by atomic mass is 17.0. The molecule has 108 valence electrons. The Kier molecular flexibility index (Phi) is 4.59. The zero-order chi connectivity index (χ0) is 14.5. The van der Waals surface area contributed by atoms with Crippen LogP contribution in [0.5, 0.6) is 0 Å². The van der Waals surface area contributed by atoms with Crippen molar-refractivity contribution in [3.8, 4) is 0 Å².